The highest BCUT2D eigenvalue weighted by Crippen LogP contribution is 2.38. The Balaban J connectivity index is 1.95. The van der Waals surface area contributed by atoms with Crippen LogP contribution < -0.4 is 0 Å². The number of ether oxygens (including phenoxy) is 1. The van der Waals surface area contributed by atoms with Crippen LogP contribution in [0.15, 0.2) is 18.2 Å². The Morgan fingerprint density at radius 2 is 2.04 bits per heavy atom. The molecule has 0 saturated heterocycles. The first-order valence-electron chi connectivity index (χ1n) is 8.39. The quantitative estimate of drug-likeness (QED) is 0.716. The van der Waals surface area contributed by atoms with Crippen LogP contribution in [0, 0.1) is 5.82 Å². The third-order valence-electron chi connectivity index (χ3n) is 4.06. The van der Waals surface area contributed by atoms with Crippen molar-refractivity contribution in [2.75, 3.05) is 13.1 Å². The van der Waals surface area contributed by atoms with E-state index in [-0.39, 0.29) is 26.7 Å². The number of thiophene rings is 1. The van der Waals surface area contributed by atoms with Gasteiger partial charge in [-0.1, -0.05) is 17.7 Å². The van der Waals surface area contributed by atoms with Gasteiger partial charge in [-0.25, -0.2) is 14.0 Å². The van der Waals surface area contributed by atoms with E-state index in [9.17, 15) is 9.59 Å². The molecule has 0 atom stereocenters. The van der Waals surface area contributed by atoms with E-state index in [2.05, 4.69) is 0 Å². The molecule has 1 amide bonds. The minimum atomic E-state index is -1.12. The number of hydrogen-bond donors (Lipinski definition) is 1. The fourth-order valence-corrected chi connectivity index (χ4v) is 4.16. The Labute approximate surface area is 165 Å². The number of halogens is 2. The van der Waals surface area contributed by atoms with Crippen molar-refractivity contribution in [1.82, 2.24) is 4.90 Å². The Kier molecular flexibility index (Phi) is 5.18. The highest BCUT2D eigenvalue weighted by atomic mass is 35.5. The van der Waals surface area contributed by atoms with Gasteiger partial charge in [0, 0.05) is 24.0 Å². The Hall–Kier alpha value is -2.12. The van der Waals surface area contributed by atoms with Crippen LogP contribution in [0.4, 0.5) is 9.18 Å². The van der Waals surface area contributed by atoms with Crippen molar-refractivity contribution in [3.63, 3.8) is 0 Å². The van der Waals surface area contributed by atoms with Gasteiger partial charge in [-0.15, -0.1) is 11.3 Å². The zero-order valence-electron chi connectivity index (χ0n) is 15.1. The van der Waals surface area contributed by atoms with Crippen LogP contribution in [0.1, 0.15) is 42.4 Å². The first-order chi connectivity index (χ1) is 12.6. The maximum atomic E-state index is 15.1. The maximum absolute atomic E-state index is 15.1. The van der Waals surface area contributed by atoms with Gasteiger partial charge in [-0.2, -0.15) is 0 Å². The second-order valence-corrected chi connectivity index (χ2v) is 8.76. The summed E-state index contributed by atoms with van der Waals surface area (Å²) in [5.74, 6) is -1.65. The smallest absolute Gasteiger partial charge is 0.410 e. The number of carboxylic acids is 1. The summed E-state index contributed by atoms with van der Waals surface area (Å²) < 4.78 is 20.7. The average molecular weight is 412 g/mol. The van der Waals surface area contributed by atoms with Crippen LogP contribution >= 0.6 is 22.9 Å². The fraction of sp³-hybridized carbons (Fsp3) is 0.368. The summed E-state index contributed by atoms with van der Waals surface area (Å²) in [6.45, 7) is 6.05. The van der Waals surface area contributed by atoms with Crippen molar-refractivity contribution in [3.05, 3.63) is 39.5 Å². The highest BCUT2D eigenvalue weighted by Gasteiger charge is 2.27. The van der Waals surface area contributed by atoms with Gasteiger partial charge in [0.1, 0.15) is 16.3 Å². The molecule has 1 aliphatic rings. The Morgan fingerprint density at radius 1 is 1.33 bits per heavy atom. The van der Waals surface area contributed by atoms with E-state index < -0.39 is 23.5 Å². The summed E-state index contributed by atoms with van der Waals surface area (Å²) in [6, 6.07) is 2.86. The number of benzene rings is 1. The third-order valence-corrected chi connectivity index (χ3v) is 5.48. The molecule has 1 aromatic carbocycles. The first kappa shape index (κ1) is 19.6. The third kappa shape index (κ3) is 4.09. The molecule has 0 aliphatic carbocycles. The number of amides is 1. The number of fused-ring (bicyclic) bond motifs is 1. The number of hydrogen-bond acceptors (Lipinski definition) is 4. The lowest BCUT2D eigenvalue weighted by Gasteiger charge is -2.30. The molecule has 0 radical (unpaired) electrons. The molecule has 1 aliphatic heterocycles. The standard InChI is InChI=1S/C19H19ClFNO4S/c1-19(2,3)26-18(25)22-6-4-5-10(9-22)11-7-13(20)12-8-14(17(23)24)27-16(12)15(11)21/h5,7-8H,4,6,9H2,1-3H3,(H,23,24). The van der Waals surface area contributed by atoms with Gasteiger partial charge in [0.2, 0.25) is 0 Å². The molecule has 144 valence electrons. The van der Waals surface area contributed by atoms with E-state index in [0.29, 0.717) is 23.9 Å². The summed E-state index contributed by atoms with van der Waals surface area (Å²) in [5, 5.41) is 9.80. The molecule has 1 aromatic heterocycles. The van der Waals surface area contributed by atoms with Crippen molar-refractivity contribution in [2.24, 2.45) is 0 Å². The molecule has 0 bridgehead atoms. The van der Waals surface area contributed by atoms with E-state index in [1.165, 1.54) is 17.0 Å². The van der Waals surface area contributed by atoms with Crippen LogP contribution in [0.25, 0.3) is 15.7 Å². The second-order valence-electron chi connectivity index (χ2n) is 7.30. The van der Waals surface area contributed by atoms with Crippen molar-refractivity contribution in [1.29, 1.82) is 0 Å². The van der Waals surface area contributed by atoms with Gasteiger partial charge in [0.25, 0.3) is 0 Å². The van der Waals surface area contributed by atoms with Gasteiger partial charge < -0.3 is 14.7 Å². The zero-order valence-corrected chi connectivity index (χ0v) is 16.7. The summed E-state index contributed by atoms with van der Waals surface area (Å²) >= 11 is 7.12. The normalized spacial score (nSPS) is 15.0. The van der Waals surface area contributed by atoms with Gasteiger partial charge >= 0.3 is 12.1 Å². The minimum absolute atomic E-state index is 0.0240. The molecule has 2 aromatic rings. The number of aromatic carboxylic acids is 1. The van der Waals surface area contributed by atoms with Crippen LogP contribution in [-0.2, 0) is 4.74 Å². The molecule has 1 N–H and O–H groups in total. The van der Waals surface area contributed by atoms with Crippen LogP contribution in [0.3, 0.4) is 0 Å². The SMILES string of the molecule is CC(C)(C)OC(=O)N1CCC=C(c2cc(Cl)c3cc(C(=O)O)sc3c2F)C1. The van der Waals surface area contributed by atoms with Crippen molar-refractivity contribution in [2.45, 2.75) is 32.8 Å². The lowest BCUT2D eigenvalue weighted by atomic mass is 10.00. The Morgan fingerprint density at radius 3 is 2.67 bits per heavy atom. The molecule has 0 spiro atoms. The van der Waals surface area contributed by atoms with Gasteiger partial charge in [-0.05, 0) is 44.9 Å². The van der Waals surface area contributed by atoms with Crippen LogP contribution in [-0.4, -0.2) is 40.8 Å². The molecule has 0 fully saturated rings. The predicted molar refractivity (Wildman–Crippen MR) is 104 cm³/mol. The molecule has 0 saturated carbocycles. The molecule has 27 heavy (non-hydrogen) atoms. The predicted octanol–water partition coefficient (Wildman–Crippen LogP) is 5.42. The number of rotatable bonds is 2. The van der Waals surface area contributed by atoms with Crippen LogP contribution in [0.2, 0.25) is 5.02 Å². The minimum Gasteiger partial charge on any atom is -0.477 e. The molecule has 8 heteroatoms. The summed E-state index contributed by atoms with van der Waals surface area (Å²) in [7, 11) is 0. The molecule has 0 unspecified atom stereocenters. The molecule has 5 nitrogen and oxygen atoms in total. The molecule has 3 rings (SSSR count). The van der Waals surface area contributed by atoms with E-state index in [4.69, 9.17) is 21.4 Å². The van der Waals surface area contributed by atoms with Crippen LogP contribution in [0.5, 0.6) is 0 Å². The number of carboxylic acid groups (broad SMARTS) is 1. The number of nitrogens with zero attached hydrogens (tertiary/aromatic N) is 1. The highest BCUT2D eigenvalue weighted by molar-refractivity contribution is 7.20. The van der Waals surface area contributed by atoms with E-state index in [1.807, 2.05) is 6.08 Å². The monoisotopic (exact) mass is 411 g/mol. The topological polar surface area (TPSA) is 66.8 Å². The maximum Gasteiger partial charge on any atom is 0.410 e. The van der Waals surface area contributed by atoms with Gasteiger partial charge in [-0.3, -0.25) is 0 Å². The summed E-state index contributed by atoms with van der Waals surface area (Å²) in [6.07, 6.45) is 1.98. The zero-order chi connectivity index (χ0) is 19.9. The largest absolute Gasteiger partial charge is 0.477 e. The van der Waals surface area contributed by atoms with Gasteiger partial charge in [0.05, 0.1) is 9.72 Å². The lowest BCUT2D eigenvalue weighted by Crippen LogP contribution is -2.39. The average Bonchev–Trinajstić information content (AvgIpc) is 3.03. The van der Waals surface area contributed by atoms with Crippen molar-refractivity contribution >= 4 is 50.7 Å². The molecular formula is C19H19ClFNO4S. The first-order valence-corrected chi connectivity index (χ1v) is 9.58. The fourth-order valence-electron chi connectivity index (χ4n) is 2.88. The molecule has 2 heterocycles. The summed E-state index contributed by atoms with van der Waals surface area (Å²) in [5.41, 5.74) is 0.286. The Bertz CT molecular complexity index is 961. The van der Waals surface area contributed by atoms with Crippen molar-refractivity contribution < 1.29 is 23.8 Å². The second kappa shape index (κ2) is 7.13. The van der Waals surface area contributed by atoms with Gasteiger partial charge in [0.15, 0.2) is 0 Å². The lowest BCUT2D eigenvalue weighted by molar-refractivity contribution is 0.0272. The molecular weight excluding hydrogens is 393 g/mol. The summed E-state index contributed by atoms with van der Waals surface area (Å²) in [4.78, 5) is 25.1. The van der Waals surface area contributed by atoms with E-state index in [1.54, 1.807) is 20.8 Å². The van der Waals surface area contributed by atoms with E-state index in [0.717, 1.165) is 11.3 Å². The number of carbonyl (C=O) groups excluding carboxylic acids is 1. The number of carbonyl (C=O) groups is 2. The van der Waals surface area contributed by atoms with Crippen molar-refractivity contribution in [3.8, 4) is 0 Å². The van der Waals surface area contributed by atoms with E-state index >= 15 is 4.39 Å².